The number of aromatic nitrogens is 3. The Morgan fingerprint density at radius 2 is 2.05 bits per heavy atom. The Labute approximate surface area is 131 Å². The molecule has 0 aliphatic carbocycles. The SMILES string of the molecule is NC(=O)C1CCN(C(=O)CSc2nnc3ccccn23)CC1. The summed E-state index contributed by atoms with van der Waals surface area (Å²) in [5, 5.41) is 8.85. The molecule has 2 N–H and O–H groups in total. The number of rotatable bonds is 4. The molecule has 0 radical (unpaired) electrons. The monoisotopic (exact) mass is 319 g/mol. The largest absolute Gasteiger partial charge is 0.369 e. The number of nitrogens with two attached hydrogens (primary N) is 1. The molecule has 0 aromatic carbocycles. The number of hydrogen-bond acceptors (Lipinski definition) is 5. The predicted octanol–water partition coefficient (Wildman–Crippen LogP) is 0.545. The number of carbonyl (C=O) groups excluding carboxylic acids is 2. The zero-order valence-corrected chi connectivity index (χ0v) is 12.8. The molecule has 1 saturated heterocycles. The first-order chi connectivity index (χ1) is 10.6. The van der Waals surface area contributed by atoms with Crippen molar-refractivity contribution in [3.63, 3.8) is 0 Å². The molecule has 22 heavy (non-hydrogen) atoms. The fraction of sp³-hybridized carbons (Fsp3) is 0.429. The Morgan fingerprint density at radius 1 is 1.27 bits per heavy atom. The molecular formula is C14H17N5O2S. The van der Waals surface area contributed by atoms with Crippen LogP contribution in [0.25, 0.3) is 5.65 Å². The van der Waals surface area contributed by atoms with E-state index in [1.54, 1.807) is 4.90 Å². The Hall–Kier alpha value is -2.09. The maximum Gasteiger partial charge on any atom is 0.233 e. The van der Waals surface area contributed by atoms with E-state index in [-0.39, 0.29) is 17.7 Å². The number of amides is 2. The van der Waals surface area contributed by atoms with Gasteiger partial charge in [-0.1, -0.05) is 17.8 Å². The maximum absolute atomic E-state index is 12.2. The summed E-state index contributed by atoms with van der Waals surface area (Å²) >= 11 is 1.37. The highest BCUT2D eigenvalue weighted by atomic mass is 32.2. The lowest BCUT2D eigenvalue weighted by atomic mass is 9.96. The maximum atomic E-state index is 12.2. The van der Waals surface area contributed by atoms with E-state index < -0.39 is 0 Å². The second kappa shape index (κ2) is 6.35. The van der Waals surface area contributed by atoms with Crippen LogP contribution in [-0.2, 0) is 9.59 Å². The quantitative estimate of drug-likeness (QED) is 0.830. The van der Waals surface area contributed by atoms with Crippen molar-refractivity contribution >= 4 is 29.2 Å². The molecule has 116 valence electrons. The van der Waals surface area contributed by atoms with Crippen LogP contribution >= 0.6 is 11.8 Å². The number of piperidine rings is 1. The third-order valence-electron chi connectivity index (χ3n) is 3.86. The summed E-state index contributed by atoms with van der Waals surface area (Å²) in [6.45, 7) is 1.18. The molecule has 3 rings (SSSR count). The van der Waals surface area contributed by atoms with Crippen LogP contribution in [-0.4, -0.2) is 50.2 Å². The molecule has 1 fully saturated rings. The first-order valence-corrected chi connectivity index (χ1v) is 8.13. The van der Waals surface area contributed by atoms with Crippen LogP contribution in [0.1, 0.15) is 12.8 Å². The number of hydrogen-bond donors (Lipinski definition) is 1. The second-order valence-corrected chi connectivity index (χ2v) is 6.20. The van der Waals surface area contributed by atoms with Gasteiger partial charge in [-0.2, -0.15) is 0 Å². The summed E-state index contributed by atoms with van der Waals surface area (Å²) in [6.07, 6.45) is 3.18. The van der Waals surface area contributed by atoms with Crippen molar-refractivity contribution in [2.45, 2.75) is 18.0 Å². The molecular weight excluding hydrogens is 302 g/mol. The summed E-state index contributed by atoms with van der Waals surface area (Å²) in [6, 6.07) is 5.66. The van der Waals surface area contributed by atoms with Crippen LogP contribution in [0.4, 0.5) is 0 Å². The van der Waals surface area contributed by atoms with Crippen molar-refractivity contribution in [2.75, 3.05) is 18.8 Å². The van der Waals surface area contributed by atoms with Crippen LogP contribution in [0, 0.1) is 5.92 Å². The van der Waals surface area contributed by atoms with Crippen molar-refractivity contribution in [3.05, 3.63) is 24.4 Å². The molecule has 0 saturated carbocycles. The van der Waals surface area contributed by atoms with E-state index >= 15 is 0 Å². The van der Waals surface area contributed by atoms with Crippen molar-refractivity contribution < 1.29 is 9.59 Å². The van der Waals surface area contributed by atoms with Gasteiger partial charge in [-0.15, -0.1) is 10.2 Å². The van der Waals surface area contributed by atoms with Gasteiger partial charge in [0, 0.05) is 25.2 Å². The fourth-order valence-electron chi connectivity index (χ4n) is 2.55. The van der Waals surface area contributed by atoms with Crippen molar-refractivity contribution in [1.82, 2.24) is 19.5 Å². The van der Waals surface area contributed by atoms with E-state index in [4.69, 9.17) is 5.73 Å². The molecule has 7 nitrogen and oxygen atoms in total. The molecule has 1 aliphatic rings. The molecule has 2 aromatic heterocycles. The number of fused-ring (bicyclic) bond motifs is 1. The summed E-state index contributed by atoms with van der Waals surface area (Å²) in [5.74, 6) is 0.00542. The minimum atomic E-state index is -0.267. The van der Waals surface area contributed by atoms with Gasteiger partial charge in [0.05, 0.1) is 5.75 Å². The zero-order chi connectivity index (χ0) is 15.5. The topological polar surface area (TPSA) is 93.6 Å². The molecule has 0 unspecified atom stereocenters. The Kier molecular flexibility index (Phi) is 4.28. The molecule has 0 atom stereocenters. The van der Waals surface area contributed by atoms with Gasteiger partial charge < -0.3 is 10.6 Å². The normalized spacial score (nSPS) is 16.1. The molecule has 0 spiro atoms. The highest BCUT2D eigenvalue weighted by Crippen LogP contribution is 2.20. The van der Waals surface area contributed by atoms with Gasteiger partial charge in [0.15, 0.2) is 10.8 Å². The van der Waals surface area contributed by atoms with Crippen LogP contribution in [0.3, 0.4) is 0 Å². The Bertz CT molecular complexity index is 693. The van der Waals surface area contributed by atoms with Gasteiger partial charge in [-0.05, 0) is 25.0 Å². The lowest BCUT2D eigenvalue weighted by Gasteiger charge is -2.30. The van der Waals surface area contributed by atoms with Gasteiger partial charge in [-0.25, -0.2) is 0 Å². The van der Waals surface area contributed by atoms with E-state index in [9.17, 15) is 9.59 Å². The van der Waals surface area contributed by atoms with E-state index in [1.165, 1.54) is 11.8 Å². The van der Waals surface area contributed by atoms with Gasteiger partial charge in [0.2, 0.25) is 11.8 Å². The lowest BCUT2D eigenvalue weighted by molar-refractivity contribution is -0.132. The van der Waals surface area contributed by atoms with Crippen LogP contribution in [0.5, 0.6) is 0 Å². The summed E-state index contributed by atoms with van der Waals surface area (Å²) in [5.41, 5.74) is 6.06. The average molecular weight is 319 g/mol. The smallest absolute Gasteiger partial charge is 0.233 e. The van der Waals surface area contributed by atoms with Crippen LogP contribution in [0.2, 0.25) is 0 Å². The summed E-state index contributed by atoms with van der Waals surface area (Å²) in [4.78, 5) is 25.2. The van der Waals surface area contributed by atoms with Gasteiger partial charge in [0.25, 0.3) is 0 Å². The van der Waals surface area contributed by atoms with Gasteiger partial charge >= 0.3 is 0 Å². The third kappa shape index (κ3) is 3.06. The van der Waals surface area contributed by atoms with Crippen LogP contribution in [0.15, 0.2) is 29.6 Å². The number of pyridine rings is 1. The van der Waals surface area contributed by atoms with E-state index in [1.807, 2.05) is 28.8 Å². The highest BCUT2D eigenvalue weighted by molar-refractivity contribution is 7.99. The third-order valence-corrected chi connectivity index (χ3v) is 4.79. The van der Waals surface area contributed by atoms with E-state index in [0.29, 0.717) is 36.8 Å². The van der Waals surface area contributed by atoms with E-state index in [0.717, 1.165) is 5.65 Å². The lowest BCUT2D eigenvalue weighted by Crippen LogP contribution is -2.42. The van der Waals surface area contributed by atoms with Crippen molar-refractivity contribution in [3.8, 4) is 0 Å². The van der Waals surface area contributed by atoms with Crippen LogP contribution < -0.4 is 5.73 Å². The second-order valence-electron chi connectivity index (χ2n) is 5.26. The highest BCUT2D eigenvalue weighted by Gasteiger charge is 2.25. The average Bonchev–Trinajstić information content (AvgIpc) is 2.96. The molecule has 8 heteroatoms. The first kappa shape index (κ1) is 14.8. The summed E-state index contributed by atoms with van der Waals surface area (Å²) < 4.78 is 1.86. The first-order valence-electron chi connectivity index (χ1n) is 7.15. The fourth-order valence-corrected chi connectivity index (χ4v) is 3.38. The van der Waals surface area contributed by atoms with Gasteiger partial charge in [-0.3, -0.25) is 14.0 Å². The zero-order valence-electron chi connectivity index (χ0n) is 12.0. The molecule has 3 heterocycles. The summed E-state index contributed by atoms with van der Waals surface area (Å²) in [7, 11) is 0. The predicted molar refractivity (Wildman–Crippen MR) is 82.2 cm³/mol. The standard InChI is InChI=1S/C14H17N5O2S/c15-13(21)10-4-7-18(8-5-10)12(20)9-22-14-17-16-11-3-1-2-6-19(11)14/h1-3,6,10H,4-5,7-9H2,(H2,15,21). The minimum Gasteiger partial charge on any atom is -0.369 e. The minimum absolute atomic E-state index is 0.0561. The van der Waals surface area contributed by atoms with Crippen molar-refractivity contribution in [1.29, 1.82) is 0 Å². The Morgan fingerprint density at radius 3 is 2.77 bits per heavy atom. The molecule has 1 aliphatic heterocycles. The molecule has 2 aromatic rings. The number of thioether (sulfide) groups is 1. The van der Waals surface area contributed by atoms with E-state index in [2.05, 4.69) is 10.2 Å². The van der Waals surface area contributed by atoms with Gasteiger partial charge in [0.1, 0.15) is 0 Å². The number of likely N-dealkylation sites (tertiary alicyclic amines) is 1. The number of nitrogens with zero attached hydrogens (tertiary/aromatic N) is 4. The Balaban J connectivity index is 1.56. The number of carbonyl (C=O) groups is 2. The molecule has 2 amide bonds. The van der Waals surface area contributed by atoms with Crippen molar-refractivity contribution in [2.24, 2.45) is 11.7 Å². The number of primary amides is 1. The molecule has 0 bridgehead atoms.